The molecule has 8 heteroatoms. The van der Waals surface area contributed by atoms with E-state index in [9.17, 15) is 8.42 Å². The highest BCUT2D eigenvalue weighted by Gasteiger charge is 2.55. The van der Waals surface area contributed by atoms with Crippen LogP contribution in [0.15, 0.2) is 47.8 Å². The van der Waals surface area contributed by atoms with Crippen molar-refractivity contribution >= 4 is 21.5 Å². The number of nitrogens with zero attached hydrogens (tertiary/aromatic N) is 3. The Balaban J connectivity index is 1.26. The van der Waals surface area contributed by atoms with Gasteiger partial charge in [0.05, 0.1) is 10.6 Å². The molecule has 4 rings (SSSR count). The van der Waals surface area contributed by atoms with E-state index in [2.05, 4.69) is 27.1 Å². The quantitative estimate of drug-likeness (QED) is 0.712. The largest absolute Gasteiger partial charge is 0.397 e. The minimum atomic E-state index is -3.19. The van der Waals surface area contributed by atoms with Gasteiger partial charge in [-0.1, -0.05) is 19.1 Å². The fourth-order valence-electron chi connectivity index (χ4n) is 4.09. The summed E-state index contributed by atoms with van der Waals surface area (Å²) in [6.45, 7) is 5.01. The summed E-state index contributed by atoms with van der Waals surface area (Å²) in [7, 11) is -3.19. The number of hydrogen-bond acceptors (Lipinski definition) is 7. The van der Waals surface area contributed by atoms with Crippen molar-refractivity contribution in [3.05, 3.63) is 54.0 Å². The van der Waals surface area contributed by atoms with Crippen molar-refractivity contribution < 1.29 is 8.42 Å². The number of aromatic nitrogens is 2. The van der Waals surface area contributed by atoms with Crippen LogP contribution >= 0.6 is 0 Å². The van der Waals surface area contributed by atoms with Gasteiger partial charge in [-0.2, -0.15) is 0 Å². The molecule has 2 aliphatic rings. The van der Waals surface area contributed by atoms with Crippen LogP contribution in [0.4, 0.5) is 5.95 Å². The summed E-state index contributed by atoms with van der Waals surface area (Å²) in [5, 5.41) is 3.33. The first-order chi connectivity index (χ1) is 13.9. The van der Waals surface area contributed by atoms with E-state index in [1.54, 1.807) is 24.3 Å². The number of hydrogen-bond donors (Lipinski definition) is 2. The molecule has 3 atom stereocenters. The Labute approximate surface area is 172 Å². The van der Waals surface area contributed by atoms with Crippen LogP contribution < -0.4 is 16.0 Å². The van der Waals surface area contributed by atoms with E-state index in [1.165, 1.54) is 6.26 Å². The zero-order valence-electron chi connectivity index (χ0n) is 16.7. The molecule has 1 aromatic heterocycles. The second-order valence-electron chi connectivity index (χ2n) is 7.95. The Morgan fingerprint density at radius 1 is 1.21 bits per heavy atom. The van der Waals surface area contributed by atoms with Gasteiger partial charge in [-0.15, -0.1) is 0 Å². The number of anilines is 1. The van der Waals surface area contributed by atoms with Crippen LogP contribution in [0.2, 0.25) is 0 Å². The zero-order chi connectivity index (χ0) is 20.6. The van der Waals surface area contributed by atoms with Crippen molar-refractivity contribution in [1.29, 1.82) is 0 Å². The number of fused-ring (bicyclic) bond motifs is 1. The van der Waals surface area contributed by atoms with Crippen LogP contribution in [0, 0.1) is 17.8 Å². The van der Waals surface area contributed by atoms with E-state index >= 15 is 0 Å². The van der Waals surface area contributed by atoms with Gasteiger partial charge >= 0.3 is 0 Å². The van der Waals surface area contributed by atoms with Gasteiger partial charge in [-0.05, 0) is 47.4 Å². The molecule has 1 saturated carbocycles. The molecule has 2 fully saturated rings. The van der Waals surface area contributed by atoms with Gasteiger partial charge in [0.1, 0.15) is 0 Å². The summed E-state index contributed by atoms with van der Waals surface area (Å²) >= 11 is 0. The third-order valence-corrected chi connectivity index (χ3v) is 7.11. The van der Waals surface area contributed by atoms with Gasteiger partial charge in [0.2, 0.25) is 5.95 Å². The zero-order valence-corrected chi connectivity index (χ0v) is 17.6. The van der Waals surface area contributed by atoms with Crippen molar-refractivity contribution in [3.8, 4) is 0 Å². The molecule has 154 valence electrons. The highest BCUT2D eigenvalue weighted by atomic mass is 32.2. The van der Waals surface area contributed by atoms with Crippen LogP contribution in [0.1, 0.15) is 18.1 Å². The molecule has 2 aromatic rings. The molecule has 2 heterocycles. The summed E-state index contributed by atoms with van der Waals surface area (Å²) < 4.78 is 23.1. The number of piperidine rings is 1. The molecular weight excluding hydrogens is 386 g/mol. The van der Waals surface area contributed by atoms with E-state index in [1.807, 2.05) is 18.6 Å². The predicted octanol–water partition coefficient (Wildman–Crippen LogP) is 1.67. The molecule has 0 spiro atoms. The van der Waals surface area contributed by atoms with Crippen LogP contribution in [0.25, 0.3) is 5.70 Å². The standard InChI is InChI=1S/C21H27N5O2S/c1-3-14-8-24-21(25-9-14)26-12-18-17(19(18)13-26)10-23-11-20(22)15-4-6-16(7-5-15)29(2,27)28/h4-9,11,17-19,23H,3,10,12-13,22H2,1-2H3/b20-11-/t17?,18-,19+. The molecule has 1 saturated heterocycles. The number of nitrogens with one attached hydrogen (secondary N) is 1. The minimum absolute atomic E-state index is 0.297. The maximum Gasteiger partial charge on any atom is 0.225 e. The van der Waals surface area contributed by atoms with Crippen molar-refractivity contribution in [2.24, 2.45) is 23.5 Å². The maximum absolute atomic E-state index is 11.5. The lowest BCUT2D eigenvalue weighted by molar-refractivity contribution is 0.602. The Morgan fingerprint density at radius 3 is 2.38 bits per heavy atom. The number of benzene rings is 1. The first kappa shape index (κ1) is 19.7. The summed E-state index contributed by atoms with van der Waals surface area (Å²) in [6, 6.07) is 6.63. The average molecular weight is 414 g/mol. The normalized spacial score (nSPS) is 23.7. The summed E-state index contributed by atoms with van der Waals surface area (Å²) in [5.41, 5.74) is 8.69. The fourth-order valence-corrected chi connectivity index (χ4v) is 4.72. The Kier molecular flexibility index (Phi) is 5.21. The molecule has 3 N–H and O–H groups in total. The van der Waals surface area contributed by atoms with Crippen molar-refractivity contribution in [3.63, 3.8) is 0 Å². The van der Waals surface area contributed by atoms with Gasteiger partial charge in [-0.3, -0.25) is 0 Å². The Bertz CT molecular complexity index is 990. The molecule has 7 nitrogen and oxygen atoms in total. The molecule has 1 unspecified atom stereocenters. The topological polar surface area (TPSA) is 101 Å². The fraction of sp³-hybridized carbons (Fsp3) is 0.429. The van der Waals surface area contributed by atoms with E-state index in [4.69, 9.17) is 5.73 Å². The lowest BCUT2D eigenvalue weighted by atomic mass is 10.2. The third-order valence-electron chi connectivity index (χ3n) is 5.98. The monoisotopic (exact) mass is 413 g/mol. The number of sulfone groups is 1. The first-order valence-corrected chi connectivity index (χ1v) is 11.8. The van der Waals surface area contributed by atoms with Gasteiger partial charge < -0.3 is 16.0 Å². The summed E-state index contributed by atoms with van der Waals surface area (Å²) in [6.07, 6.45) is 7.80. The maximum atomic E-state index is 11.5. The number of nitrogens with two attached hydrogens (primary N) is 1. The van der Waals surface area contributed by atoms with Crippen molar-refractivity contribution in [1.82, 2.24) is 15.3 Å². The number of aryl methyl sites for hydroxylation is 1. The van der Waals surface area contributed by atoms with Crippen molar-refractivity contribution in [2.45, 2.75) is 18.2 Å². The van der Waals surface area contributed by atoms with Gasteiger partial charge in [0.25, 0.3) is 0 Å². The smallest absolute Gasteiger partial charge is 0.225 e. The molecule has 0 bridgehead atoms. The highest BCUT2D eigenvalue weighted by Crippen LogP contribution is 2.51. The molecule has 1 aliphatic heterocycles. The summed E-state index contributed by atoms with van der Waals surface area (Å²) in [4.78, 5) is 11.5. The van der Waals surface area contributed by atoms with E-state index in [-0.39, 0.29) is 0 Å². The Hall–Kier alpha value is -2.61. The molecular formula is C21H27N5O2S. The predicted molar refractivity (Wildman–Crippen MR) is 114 cm³/mol. The van der Waals surface area contributed by atoms with Crippen molar-refractivity contribution in [2.75, 3.05) is 30.8 Å². The Morgan fingerprint density at radius 2 is 1.83 bits per heavy atom. The average Bonchev–Trinajstić information content (AvgIpc) is 3.16. The molecule has 0 amide bonds. The highest BCUT2D eigenvalue weighted by molar-refractivity contribution is 7.90. The van der Waals surface area contributed by atoms with E-state index in [0.717, 1.165) is 43.1 Å². The number of rotatable bonds is 7. The van der Waals surface area contributed by atoms with Crippen LogP contribution in [0.3, 0.4) is 0 Å². The second-order valence-corrected chi connectivity index (χ2v) is 9.96. The third kappa shape index (κ3) is 4.22. The summed E-state index contributed by atoms with van der Waals surface area (Å²) in [5.74, 6) is 2.85. The van der Waals surface area contributed by atoms with E-state index in [0.29, 0.717) is 28.3 Å². The van der Waals surface area contributed by atoms with Crippen LogP contribution in [0.5, 0.6) is 0 Å². The second kappa shape index (κ2) is 7.67. The van der Waals surface area contributed by atoms with Gasteiger partial charge in [0, 0.05) is 44.5 Å². The van der Waals surface area contributed by atoms with Gasteiger partial charge in [0.15, 0.2) is 9.84 Å². The van der Waals surface area contributed by atoms with Crippen LogP contribution in [-0.2, 0) is 16.3 Å². The SMILES string of the molecule is CCc1cnc(N2C[C@@H]3C(CN/C=C(\N)c4ccc(S(C)(=O)=O)cc4)[C@@H]3C2)nc1. The molecule has 0 radical (unpaired) electrons. The first-order valence-electron chi connectivity index (χ1n) is 9.92. The lowest BCUT2D eigenvalue weighted by Gasteiger charge is -2.19. The van der Waals surface area contributed by atoms with E-state index < -0.39 is 9.84 Å². The molecule has 29 heavy (non-hydrogen) atoms. The van der Waals surface area contributed by atoms with Crippen LogP contribution in [-0.4, -0.2) is 44.3 Å². The van der Waals surface area contributed by atoms with Gasteiger partial charge in [-0.25, -0.2) is 18.4 Å². The molecule has 1 aromatic carbocycles. The lowest BCUT2D eigenvalue weighted by Crippen LogP contribution is -2.28. The minimum Gasteiger partial charge on any atom is -0.397 e. The molecule has 1 aliphatic carbocycles.